The number of aldehydes is 1. The summed E-state index contributed by atoms with van der Waals surface area (Å²) in [7, 11) is 4.25. The fraction of sp³-hybridized carbons (Fsp3) is 0.562. The van der Waals surface area contributed by atoms with Crippen LogP contribution in [0.5, 0.6) is 0 Å². The molecule has 0 amide bonds. The molecule has 0 saturated carbocycles. The molecule has 0 radical (unpaired) electrons. The van der Waals surface area contributed by atoms with Gasteiger partial charge in [0.25, 0.3) is 0 Å². The molecule has 4 heteroatoms. The summed E-state index contributed by atoms with van der Waals surface area (Å²) in [4.78, 5) is 10.5. The number of piperazine rings is 3. The lowest BCUT2D eigenvalue weighted by atomic mass is 10.1. The maximum Gasteiger partial charge on any atom is 0.174 e. The van der Waals surface area contributed by atoms with E-state index in [-0.39, 0.29) is 0 Å². The number of hydrogen-bond acceptors (Lipinski definition) is 2. The molecule has 0 aliphatic carbocycles. The largest absolute Gasteiger partial charge is 0.388 e. The number of rotatable bonds is 3. The van der Waals surface area contributed by atoms with Gasteiger partial charge in [-0.25, -0.2) is 0 Å². The number of benzene rings is 1. The molecule has 110 valence electrons. The second-order valence-corrected chi connectivity index (χ2v) is 6.27. The van der Waals surface area contributed by atoms with Crippen molar-refractivity contribution in [1.29, 1.82) is 0 Å². The van der Waals surface area contributed by atoms with Crippen molar-refractivity contribution in [3.8, 4) is 0 Å². The van der Waals surface area contributed by atoms with Crippen LogP contribution in [0, 0.1) is 0 Å². The van der Waals surface area contributed by atoms with Gasteiger partial charge in [0.15, 0.2) is 6.29 Å². The Hall–Kier alpha value is -1.39. The molecule has 3 saturated heterocycles. The number of anilines is 1. The van der Waals surface area contributed by atoms with Crippen molar-refractivity contribution < 1.29 is 13.8 Å². The normalized spacial score (nSPS) is 31.1. The molecular weight excluding hydrogens is 250 g/mol. The number of fused-ring (bicyclic) bond motifs is 3. The molecule has 1 aromatic rings. The second kappa shape index (κ2) is 6.37. The van der Waals surface area contributed by atoms with Gasteiger partial charge in [-0.15, -0.1) is 0 Å². The van der Waals surface area contributed by atoms with Gasteiger partial charge in [-0.05, 0) is 12.1 Å². The minimum Gasteiger partial charge on any atom is -0.388 e. The average molecular weight is 277 g/mol. The fourth-order valence-electron chi connectivity index (χ4n) is 3.07. The first kappa shape index (κ1) is 15.0. The highest BCUT2D eigenvalue weighted by Crippen LogP contribution is 2.23. The Morgan fingerprint density at radius 2 is 1.60 bits per heavy atom. The maximum absolute atomic E-state index is 10.5. The second-order valence-electron chi connectivity index (χ2n) is 6.27. The summed E-state index contributed by atoms with van der Waals surface area (Å²) in [6.45, 7) is 8.22. The quantitative estimate of drug-likeness (QED) is 0.664. The third kappa shape index (κ3) is 3.58. The van der Waals surface area contributed by atoms with E-state index in [0.29, 0.717) is 0 Å². The molecule has 0 unspecified atom stereocenters. The van der Waals surface area contributed by atoms with Crippen LogP contribution >= 0.6 is 0 Å². The summed E-state index contributed by atoms with van der Waals surface area (Å²) in [5.41, 5.74) is 1.16. The van der Waals surface area contributed by atoms with Gasteiger partial charge in [0, 0.05) is 12.7 Å². The van der Waals surface area contributed by atoms with E-state index in [2.05, 4.69) is 12.4 Å². The topological polar surface area (TPSA) is 29.1 Å². The van der Waals surface area contributed by atoms with Crippen LogP contribution in [-0.4, -0.2) is 75.2 Å². The number of nitrogens with one attached hydrogen (secondary N) is 1. The number of carbonyl (C=O) groups is 1. The van der Waals surface area contributed by atoms with Gasteiger partial charge < -0.3 is 14.3 Å². The summed E-state index contributed by atoms with van der Waals surface area (Å²) >= 11 is 0. The van der Waals surface area contributed by atoms with Crippen LogP contribution < -0.4 is 5.32 Å². The lowest BCUT2D eigenvalue weighted by Gasteiger charge is -2.53. The highest BCUT2D eigenvalue weighted by molar-refractivity contribution is 5.50. The Morgan fingerprint density at radius 3 is 2.00 bits per heavy atom. The van der Waals surface area contributed by atoms with Crippen LogP contribution in [0.2, 0.25) is 0 Å². The molecular formula is C16H27N3O+2. The van der Waals surface area contributed by atoms with Gasteiger partial charge in [-0.2, -0.15) is 0 Å². The van der Waals surface area contributed by atoms with E-state index in [1.807, 2.05) is 37.4 Å². The molecule has 3 aliphatic heterocycles. The van der Waals surface area contributed by atoms with Crippen molar-refractivity contribution in [2.75, 3.05) is 65.2 Å². The molecule has 3 heterocycles. The predicted octanol–water partition coefficient (Wildman–Crippen LogP) is 1.20. The number of hydrogen-bond donors (Lipinski definition) is 1. The monoisotopic (exact) mass is 277 g/mol. The van der Waals surface area contributed by atoms with Crippen LogP contribution in [0.1, 0.15) is 0 Å². The molecule has 4 nitrogen and oxygen atoms in total. The van der Waals surface area contributed by atoms with Gasteiger partial charge in [-0.1, -0.05) is 18.2 Å². The minimum absolute atomic E-state index is 0.750. The fourth-order valence-corrected chi connectivity index (χ4v) is 3.07. The van der Waals surface area contributed by atoms with Crippen molar-refractivity contribution in [2.24, 2.45) is 0 Å². The maximum atomic E-state index is 10.5. The van der Waals surface area contributed by atoms with Crippen molar-refractivity contribution in [3.63, 3.8) is 0 Å². The number of likely N-dealkylation sites (N-methyl/N-ethyl adjacent to an activating group) is 1. The van der Waals surface area contributed by atoms with Gasteiger partial charge in [0.1, 0.15) is 45.8 Å². The summed E-state index contributed by atoms with van der Waals surface area (Å²) < 4.78 is 2.33. The van der Waals surface area contributed by atoms with Crippen molar-refractivity contribution >= 4 is 12.0 Å². The van der Waals surface area contributed by atoms with Crippen molar-refractivity contribution in [2.45, 2.75) is 0 Å². The first-order chi connectivity index (χ1) is 9.61. The first-order valence-electron chi connectivity index (χ1n) is 7.47. The molecule has 4 rings (SSSR count). The number of quaternary nitrogens is 2. The number of carbonyl (C=O) groups excluding carboxylic acids is 1. The third-order valence-corrected chi connectivity index (χ3v) is 4.87. The van der Waals surface area contributed by atoms with Gasteiger partial charge >= 0.3 is 0 Å². The zero-order valence-corrected chi connectivity index (χ0v) is 12.7. The average Bonchev–Trinajstić information content (AvgIpc) is 2.51. The Labute approximate surface area is 122 Å². The van der Waals surface area contributed by atoms with Gasteiger partial charge in [0.05, 0.1) is 7.05 Å². The van der Waals surface area contributed by atoms with E-state index in [1.165, 1.54) is 43.8 Å². The molecule has 2 bridgehead atoms. The highest BCUT2D eigenvalue weighted by atomic mass is 16.1. The summed E-state index contributed by atoms with van der Waals surface area (Å²) in [6, 6.07) is 10.1. The van der Waals surface area contributed by atoms with Crippen LogP contribution in [0.15, 0.2) is 30.3 Å². The van der Waals surface area contributed by atoms with E-state index in [9.17, 15) is 4.79 Å². The summed E-state index contributed by atoms with van der Waals surface area (Å²) in [5, 5.41) is 3.03. The molecule has 3 aliphatic rings. The smallest absolute Gasteiger partial charge is 0.174 e. The van der Waals surface area contributed by atoms with Crippen LogP contribution in [0.25, 0.3) is 0 Å². The molecule has 1 aromatic carbocycles. The zero-order valence-electron chi connectivity index (χ0n) is 12.7. The standard InChI is InChI=1S/C9H18N2O.C7H9N/c1-10-2-5-11(6-3-10,7-4-10)8-9-12;1-8-7-5-3-2-4-6-7/h9H,2-8H2,1H3;2-6,8H,1H3/q+2;. The predicted molar refractivity (Wildman–Crippen MR) is 82.6 cm³/mol. The summed E-state index contributed by atoms with van der Waals surface area (Å²) in [5.74, 6) is 0. The van der Waals surface area contributed by atoms with Crippen LogP contribution in [-0.2, 0) is 4.79 Å². The zero-order chi connectivity index (χ0) is 14.5. The molecule has 0 spiro atoms. The molecule has 0 atom stereocenters. The third-order valence-electron chi connectivity index (χ3n) is 4.87. The number of para-hydroxylation sites is 1. The summed E-state index contributed by atoms with van der Waals surface area (Å²) in [6.07, 6.45) is 1.10. The minimum atomic E-state index is 0.750. The van der Waals surface area contributed by atoms with Crippen molar-refractivity contribution in [1.82, 2.24) is 0 Å². The van der Waals surface area contributed by atoms with Crippen molar-refractivity contribution in [3.05, 3.63) is 30.3 Å². The van der Waals surface area contributed by atoms with Gasteiger partial charge in [-0.3, -0.25) is 4.79 Å². The van der Waals surface area contributed by atoms with Gasteiger partial charge in [0.2, 0.25) is 0 Å². The lowest BCUT2D eigenvalue weighted by molar-refractivity contribution is -1.07. The van der Waals surface area contributed by atoms with E-state index in [0.717, 1.165) is 23.0 Å². The SMILES string of the molecule is CNc1ccccc1.C[N+]12CC[N+](CC=O)(CC1)CC2. The Morgan fingerprint density at radius 1 is 1.05 bits per heavy atom. The Balaban J connectivity index is 0.000000160. The van der Waals surface area contributed by atoms with Crippen LogP contribution in [0.4, 0.5) is 5.69 Å². The van der Waals surface area contributed by atoms with E-state index in [1.54, 1.807) is 0 Å². The molecule has 20 heavy (non-hydrogen) atoms. The Kier molecular flexibility index (Phi) is 4.78. The number of nitrogens with zero attached hydrogens (tertiary/aromatic N) is 2. The van der Waals surface area contributed by atoms with E-state index < -0.39 is 0 Å². The van der Waals surface area contributed by atoms with Crippen LogP contribution in [0.3, 0.4) is 0 Å². The first-order valence-corrected chi connectivity index (χ1v) is 7.47. The van der Waals surface area contributed by atoms with E-state index >= 15 is 0 Å². The molecule has 3 fully saturated rings. The highest BCUT2D eigenvalue weighted by Gasteiger charge is 2.46. The molecule has 1 N–H and O–H groups in total. The molecule has 0 aromatic heterocycles. The lowest BCUT2D eigenvalue weighted by Crippen LogP contribution is -2.73. The Bertz CT molecular complexity index is 408. The van der Waals surface area contributed by atoms with E-state index in [4.69, 9.17) is 0 Å².